The zero-order valence-corrected chi connectivity index (χ0v) is 7.05. The Morgan fingerprint density at radius 3 is 2.55 bits per heavy atom. The summed E-state index contributed by atoms with van der Waals surface area (Å²) in [5, 5.41) is 3.52. The third-order valence-electron chi connectivity index (χ3n) is 2.97. The monoisotopic (exact) mass is 151 g/mol. The Labute approximate surface area is 68.9 Å². The lowest BCUT2D eigenvalue weighted by atomic mass is 9.84. The number of hydrogen-bond donors (Lipinski definition) is 1. The van der Waals surface area contributed by atoms with Crippen molar-refractivity contribution in [2.75, 3.05) is 6.54 Å². The average Bonchev–Trinajstić information content (AvgIpc) is 2.58. The van der Waals surface area contributed by atoms with Gasteiger partial charge in [0.05, 0.1) is 0 Å². The summed E-state index contributed by atoms with van der Waals surface area (Å²) in [4.78, 5) is 0. The molecule has 1 aliphatic carbocycles. The van der Waals surface area contributed by atoms with Crippen molar-refractivity contribution in [1.82, 2.24) is 5.32 Å². The first-order valence-electron chi connectivity index (χ1n) is 4.87. The molecular formula is C10H17N. The van der Waals surface area contributed by atoms with Gasteiger partial charge in [-0.05, 0) is 18.8 Å². The fourth-order valence-corrected chi connectivity index (χ4v) is 2.30. The van der Waals surface area contributed by atoms with E-state index in [9.17, 15) is 0 Å². The lowest BCUT2D eigenvalue weighted by Crippen LogP contribution is -2.31. The van der Waals surface area contributed by atoms with Gasteiger partial charge in [-0.3, -0.25) is 0 Å². The van der Waals surface area contributed by atoms with E-state index in [0.717, 1.165) is 18.5 Å². The van der Waals surface area contributed by atoms with E-state index < -0.39 is 0 Å². The second kappa shape index (κ2) is 3.40. The van der Waals surface area contributed by atoms with Gasteiger partial charge in [-0.2, -0.15) is 0 Å². The summed E-state index contributed by atoms with van der Waals surface area (Å²) in [5.74, 6) is 0.947. The maximum absolute atomic E-state index is 3.52. The van der Waals surface area contributed by atoms with Crippen LogP contribution in [0, 0.1) is 5.92 Å². The van der Waals surface area contributed by atoms with Gasteiger partial charge in [0.15, 0.2) is 0 Å². The van der Waals surface area contributed by atoms with Crippen LogP contribution >= 0.6 is 0 Å². The lowest BCUT2D eigenvalue weighted by Gasteiger charge is -2.26. The number of hydrogen-bond acceptors (Lipinski definition) is 1. The van der Waals surface area contributed by atoms with Gasteiger partial charge in [-0.15, -0.1) is 0 Å². The van der Waals surface area contributed by atoms with Crippen molar-refractivity contribution in [3.63, 3.8) is 0 Å². The van der Waals surface area contributed by atoms with Gasteiger partial charge in [0.25, 0.3) is 0 Å². The Morgan fingerprint density at radius 1 is 1.09 bits per heavy atom. The molecule has 1 nitrogen and oxygen atoms in total. The maximum Gasteiger partial charge on any atom is 0.0281 e. The van der Waals surface area contributed by atoms with E-state index in [-0.39, 0.29) is 0 Å². The summed E-state index contributed by atoms with van der Waals surface area (Å²) < 4.78 is 0. The third kappa shape index (κ3) is 1.64. The van der Waals surface area contributed by atoms with E-state index in [1.165, 1.54) is 32.1 Å². The van der Waals surface area contributed by atoms with Crippen molar-refractivity contribution in [1.29, 1.82) is 0 Å². The smallest absolute Gasteiger partial charge is 0.0281 e. The number of rotatable bonds is 1. The van der Waals surface area contributed by atoms with Crippen LogP contribution < -0.4 is 5.32 Å². The normalized spacial score (nSPS) is 32.9. The van der Waals surface area contributed by atoms with Crippen LogP contribution in [0.3, 0.4) is 0 Å². The molecule has 0 bridgehead atoms. The molecule has 1 heterocycles. The van der Waals surface area contributed by atoms with Gasteiger partial charge in [-0.25, -0.2) is 0 Å². The average molecular weight is 151 g/mol. The highest BCUT2D eigenvalue weighted by Crippen LogP contribution is 2.27. The van der Waals surface area contributed by atoms with Crippen LogP contribution in [0.4, 0.5) is 0 Å². The molecule has 1 fully saturated rings. The summed E-state index contributed by atoms with van der Waals surface area (Å²) in [5.41, 5.74) is 0. The minimum absolute atomic E-state index is 0.718. The molecule has 1 unspecified atom stereocenters. The molecule has 2 aliphatic rings. The Kier molecular flexibility index (Phi) is 2.27. The van der Waals surface area contributed by atoms with Crippen molar-refractivity contribution in [3.05, 3.63) is 12.2 Å². The molecule has 1 saturated carbocycles. The van der Waals surface area contributed by atoms with Crippen molar-refractivity contribution in [2.24, 2.45) is 5.92 Å². The van der Waals surface area contributed by atoms with Crippen LogP contribution in [-0.4, -0.2) is 12.6 Å². The van der Waals surface area contributed by atoms with Crippen LogP contribution in [0.15, 0.2) is 12.2 Å². The zero-order chi connectivity index (χ0) is 7.52. The molecule has 1 heteroatoms. The molecule has 2 rings (SSSR count). The van der Waals surface area contributed by atoms with Gasteiger partial charge >= 0.3 is 0 Å². The fourth-order valence-electron chi connectivity index (χ4n) is 2.30. The minimum Gasteiger partial charge on any atom is -0.307 e. The van der Waals surface area contributed by atoms with Gasteiger partial charge in [0, 0.05) is 12.6 Å². The highest BCUT2D eigenvalue weighted by molar-refractivity contribution is 5.04. The maximum atomic E-state index is 3.52. The summed E-state index contributed by atoms with van der Waals surface area (Å²) in [7, 11) is 0. The molecular weight excluding hydrogens is 134 g/mol. The van der Waals surface area contributed by atoms with Gasteiger partial charge in [0.2, 0.25) is 0 Å². The summed E-state index contributed by atoms with van der Waals surface area (Å²) >= 11 is 0. The lowest BCUT2D eigenvalue weighted by molar-refractivity contribution is 0.312. The summed E-state index contributed by atoms with van der Waals surface area (Å²) in [6.07, 6.45) is 11.9. The fraction of sp³-hybridized carbons (Fsp3) is 0.800. The molecule has 0 aromatic heterocycles. The molecule has 11 heavy (non-hydrogen) atoms. The van der Waals surface area contributed by atoms with E-state index in [2.05, 4.69) is 17.5 Å². The van der Waals surface area contributed by atoms with Gasteiger partial charge < -0.3 is 5.32 Å². The van der Waals surface area contributed by atoms with Gasteiger partial charge in [-0.1, -0.05) is 31.4 Å². The molecule has 0 amide bonds. The van der Waals surface area contributed by atoms with Crippen molar-refractivity contribution in [3.8, 4) is 0 Å². The van der Waals surface area contributed by atoms with Gasteiger partial charge in [0.1, 0.15) is 0 Å². The molecule has 1 N–H and O–H groups in total. The summed E-state index contributed by atoms with van der Waals surface area (Å²) in [6, 6.07) is 0.718. The highest BCUT2D eigenvalue weighted by atomic mass is 14.9. The first-order valence-corrected chi connectivity index (χ1v) is 4.87. The Hall–Kier alpha value is -0.300. The molecule has 62 valence electrons. The number of nitrogens with one attached hydrogen (secondary N) is 1. The highest BCUT2D eigenvalue weighted by Gasteiger charge is 2.22. The van der Waals surface area contributed by atoms with Crippen molar-refractivity contribution in [2.45, 2.75) is 38.1 Å². The summed E-state index contributed by atoms with van der Waals surface area (Å²) in [6.45, 7) is 1.10. The van der Waals surface area contributed by atoms with E-state index in [4.69, 9.17) is 0 Å². The van der Waals surface area contributed by atoms with Crippen LogP contribution in [0.1, 0.15) is 32.1 Å². The van der Waals surface area contributed by atoms with E-state index >= 15 is 0 Å². The second-order valence-electron chi connectivity index (χ2n) is 3.76. The van der Waals surface area contributed by atoms with E-state index in [1.54, 1.807) is 0 Å². The topological polar surface area (TPSA) is 12.0 Å². The van der Waals surface area contributed by atoms with Crippen LogP contribution in [0.5, 0.6) is 0 Å². The molecule has 0 radical (unpaired) electrons. The standard InChI is InChI=1S/C10H17N/c1-2-5-9(6-3-1)10-7-4-8-11-10/h4,7,9-11H,1-3,5-6,8H2. The van der Waals surface area contributed by atoms with Crippen LogP contribution in [0.2, 0.25) is 0 Å². The van der Waals surface area contributed by atoms with Crippen molar-refractivity contribution >= 4 is 0 Å². The molecule has 1 aliphatic heterocycles. The first kappa shape index (κ1) is 7.35. The molecule has 0 aromatic rings. The van der Waals surface area contributed by atoms with E-state index in [0.29, 0.717) is 0 Å². The predicted molar refractivity (Wildman–Crippen MR) is 47.5 cm³/mol. The minimum atomic E-state index is 0.718. The Morgan fingerprint density at radius 2 is 1.91 bits per heavy atom. The quantitative estimate of drug-likeness (QED) is 0.566. The van der Waals surface area contributed by atoms with Crippen LogP contribution in [0.25, 0.3) is 0 Å². The predicted octanol–water partition coefficient (Wildman–Crippen LogP) is 2.09. The molecule has 0 saturated heterocycles. The largest absolute Gasteiger partial charge is 0.307 e. The Bertz CT molecular complexity index is 145. The SMILES string of the molecule is C1=CC(C2CCCCC2)NC1. The first-order chi connectivity index (χ1) is 5.47. The molecule has 0 aromatic carbocycles. The zero-order valence-electron chi connectivity index (χ0n) is 7.05. The van der Waals surface area contributed by atoms with Crippen molar-refractivity contribution < 1.29 is 0 Å². The molecule has 1 atom stereocenters. The third-order valence-corrected chi connectivity index (χ3v) is 2.97. The second-order valence-corrected chi connectivity index (χ2v) is 3.76. The molecule has 0 spiro atoms. The van der Waals surface area contributed by atoms with Crippen LogP contribution in [-0.2, 0) is 0 Å². The Balaban J connectivity index is 1.87. The van der Waals surface area contributed by atoms with E-state index in [1.807, 2.05) is 0 Å².